The first-order valence-electron chi connectivity index (χ1n) is 11.0. The number of carbonyl (C=O) groups excluding carboxylic acids is 1. The minimum Gasteiger partial charge on any atom is -0.338 e. The van der Waals surface area contributed by atoms with Crippen LogP contribution in [-0.4, -0.2) is 48.9 Å². The van der Waals surface area contributed by atoms with Crippen LogP contribution < -0.4 is 5.56 Å². The van der Waals surface area contributed by atoms with E-state index >= 15 is 0 Å². The van der Waals surface area contributed by atoms with Crippen molar-refractivity contribution in [3.05, 3.63) is 87.0 Å². The first kappa shape index (κ1) is 21.9. The number of rotatable bonds is 4. The first-order valence-corrected chi connectivity index (χ1v) is 11.0. The highest BCUT2D eigenvalue weighted by Crippen LogP contribution is 2.27. The van der Waals surface area contributed by atoms with Crippen LogP contribution in [0.15, 0.2) is 47.3 Å². The minimum atomic E-state index is -0.877. The largest absolute Gasteiger partial charge is 0.338 e. The van der Waals surface area contributed by atoms with Gasteiger partial charge in [-0.3, -0.25) is 9.59 Å². The molecule has 0 atom stereocenters. The van der Waals surface area contributed by atoms with E-state index in [1.54, 1.807) is 4.68 Å². The van der Waals surface area contributed by atoms with E-state index in [0.717, 1.165) is 23.3 Å². The molecule has 8 nitrogen and oxygen atoms in total. The standard InChI is InChI=1S/C24H22F2N6O2/c1-14-5-7-15(8-6-14)13-32-22-20(29-30-32)23(33)28-21(27-22)16-9-11-31(12-10-16)24(34)19-17(25)3-2-4-18(19)26/h2-8,16H,9-13H2,1H3,(H,27,28,33). The van der Waals surface area contributed by atoms with E-state index in [4.69, 9.17) is 0 Å². The SMILES string of the molecule is Cc1ccc(Cn2nnc3c(=O)[nH]c(C4CCN(C(=O)c5c(F)cccc5F)CC4)nc32)cc1. The van der Waals surface area contributed by atoms with Gasteiger partial charge in [-0.05, 0) is 37.5 Å². The number of aromatic amines is 1. The van der Waals surface area contributed by atoms with Gasteiger partial charge in [-0.1, -0.05) is 41.1 Å². The summed E-state index contributed by atoms with van der Waals surface area (Å²) >= 11 is 0. The van der Waals surface area contributed by atoms with Gasteiger partial charge in [0.1, 0.15) is 23.0 Å². The van der Waals surface area contributed by atoms with Crippen molar-refractivity contribution < 1.29 is 13.6 Å². The number of benzene rings is 2. The molecule has 0 unspecified atom stereocenters. The fourth-order valence-electron chi connectivity index (χ4n) is 4.27. The number of aryl methyl sites for hydroxylation is 1. The van der Waals surface area contributed by atoms with E-state index < -0.39 is 23.1 Å². The number of nitrogens with one attached hydrogen (secondary N) is 1. The smallest absolute Gasteiger partial charge is 0.281 e. The molecule has 2 aromatic carbocycles. The number of hydrogen-bond acceptors (Lipinski definition) is 5. The molecule has 2 aromatic heterocycles. The van der Waals surface area contributed by atoms with Gasteiger partial charge in [-0.2, -0.15) is 0 Å². The van der Waals surface area contributed by atoms with Crippen molar-refractivity contribution in [1.82, 2.24) is 29.9 Å². The third-order valence-corrected chi connectivity index (χ3v) is 6.19. The Hall–Kier alpha value is -3.95. The molecule has 1 aliphatic rings. The number of nitrogens with zero attached hydrogens (tertiary/aromatic N) is 5. The number of H-pyrrole nitrogens is 1. The summed E-state index contributed by atoms with van der Waals surface area (Å²) in [4.78, 5) is 34.2. The number of halogens is 2. The number of carbonyl (C=O) groups is 1. The van der Waals surface area contributed by atoms with Crippen molar-refractivity contribution in [3.63, 3.8) is 0 Å². The first-order chi connectivity index (χ1) is 16.4. The molecule has 0 saturated carbocycles. The fourth-order valence-corrected chi connectivity index (χ4v) is 4.27. The summed E-state index contributed by atoms with van der Waals surface area (Å²) in [5, 5.41) is 8.09. The van der Waals surface area contributed by atoms with Crippen molar-refractivity contribution >= 4 is 17.1 Å². The van der Waals surface area contributed by atoms with E-state index in [-0.39, 0.29) is 17.0 Å². The highest BCUT2D eigenvalue weighted by molar-refractivity contribution is 5.94. The normalized spacial score (nSPS) is 14.6. The predicted molar refractivity (Wildman–Crippen MR) is 120 cm³/mol. The second kappa shape index (κ2) is 8.77. The molecule has 1 aliphatic heterocycles. The molecule has 4 aromatic rings. The topological polar surface area (TPSA) is 96.8 Å². The van der Waals surface area contributed by atoms with E-state index in [0.29, 0.717) is 43.9 Å². The third-order valence-electron chi connectivity index (χ3n) is 6.19. The molecule has 1 amide bonds. The molecule has 1 fully saturated rings. The summed E-state index contributed by atoms with van der Waals surface area (Å²) < 4.78 is 29.6. The van der Waals surface area contributed by atoms with Crippen molar-refractivity contribution in [2.24, 2.45) is 0 Å². The van der Waals surface area contributed by atoms with Gasteiger partial charge in [-0.25, -0.2) is 18.4 Å². The molecular weight excluding hydrogens is 442 g/mol. The molecule has 0 radical (unpaired) electrons. The summed E-state index contributed by atoms with van der Waals surface area (Å²) in [5.74, 6) is -2.05. The van der Waals surface area contributed by atoms with Crippen LogP contribution >= 0.6 is 0 Å². The Morgan fingerprint density at radius 1 is 1.09 bits per heavy atom. The molecular formula is C24H22F2N6O2. The zero-order valence-electron chi connectivity index (χ0n) is 18.5. The van der Waals surface area contributed by atoms with E-state index in [9.17, 15) is 18.4 Å². The van der Waals surface area contributed by atoms with Crippen molar-refractivity contribution in [1.29, 1.82) is 0 Å². The number of hydrogen-bond donors (Lipinski definition) is 1. The maximum atomic E-state index is 14.0. The van der Waals surface area contributed by atoms with E-state index in [1.165, 1.54) is 11.0 Å². The van der Waals surface area contributed by atoms with Crippen molar-refractivity contribution in [2.75, 3.05) is 13.1 Å². The predicted octanol–water partition coefficient (Wildman–Crippen LogP) is 3.17. The van der Waals surface area contributed by atoms with E-state index in [1.807, 2.05) is 31.2 Å². The van der Waals surface area contributed by atoms with E-state index in [2.05, 4.69) is 20.3 Å². The van der Waals surface area contributed by atoms with Gasteiger partial charge >= 0.3 is 0 Å². The Kier molecular flexibility index (Phi) is 5.64. The van der Waals surface area contributed by atoms with Crippen LogP contribution in [0, 0.1) is 18.6 Å². The van der Waals surface area contributed by atoms with Crippen LogP contribution in [0.3, 0.4) is 0 Å². The molecule has 0 spiro atoms. The second-order valence-electron chi connectivity index (χ2n) is 8.52. The summed E-state index contributed by atoms with van der Waals surface area (Å²) in [6.45, 7) is 3.02. The zero-order valence-corrected chi connectivity index (χ0v) is 18.5. The minimum absolute atomic E-state index is 0.116. The molecule has 0 bridgehead atoms. The van der Waals surface area contributed by atoms with Crippen molar-refractivity contribution in [2.45, 2.75) is 32.2 Å². The van der Waals surface area contributed by atoms with Gasteiger partial charge < -0.3 is 9.88 Å². The Labute approximate surface area is 193 Å². The van der Waals surface area contributed by atoms with Gasteiger partial charge in [0.2, 0.25) is 0 Å². The average molecular weight is 464 g/mol. The Bertz CT molecular complexity index is 1400. The summed E-state index contributed by atoms with van der Waals surface area (Å²) in [5.41, 5.74) is 1.80. The highest BCUT2D eigenvalue weighted by Gasteiger charge is 2.29. The van der Waals surface area contributed by atoms with Crippen LogP contribution in [-0.2, 0) is 6.54 Å². The van der Waals surface area contributed by atoms with Crippen LogP contribution in [0.5, 0.6) is 0 Å². The van der Waals surface area contributed by atoms with Crippen LogP contribution in [0.1, 0.15) is 46.1 Å². The molecule has 34 heavy (non-hydrogen) atoms. The zero-order chi connectivity index (χ0) is 23.8. The summed E-state index contributed by atoms with van der Waals surface area (Å²) in [6, 6.07) is 11.3. The Balaban J connectivity index is 1.35. The van der Waals surface area contributed by atoms with Gasteiger partial charge in [0.25, 0.3) is 11.5 Å². The Morgan fingerprint density at radius 2 is 1.76 bits per heavy atom. The molecule has 0 aliphatic carbocycles. The summed E-state index contributed by atoms with van der Waals surface area (Å²) in [6.07, 6.45) is 0.992. The lowest BCUT2D eigenvalue weighted by Gasteiger charge is -2.31. The molecule has 1 N–H and O–H groups in total. The molecule has 10 heteroatoms. The highest BCUT2D eigenvalue weighted by atomic mass is 19.1. The van der Waals surface area contributed by atoms with Crippen LogP contribution in [0.4, 0.5) is 8.78 Å². The number of fused-ring (bicyclic) bond motifs is 1. The molecule has 3 heterocycles. The Morgan fingerprint density at radius 3 is 2.44 bits per heavy atom. The lowest BCUT2D eigenvalue weighted by molar-refractivity contribution is 0.0701. The second-order valence-corrected chi connectivity index (χ2v) is 8.52. The average Bonchev–Trinajstić information content (AvgIpc) is 3.23. The van der Waals surface area contributed by atoms with Gasteiger partial charge in [0.15, 0.2) is 11.2 Å². The van der Waals surface area contributed by atoms with Crippen molar-refractivity contribution in [3.8, 4) is 0 Å². The third kappa shape index (κ3) is 4.07. The fraction of sp³-hybridized carbons (Fsp3) is 0.292. The number of piperidine rings is 1. The summed E-state index contributed by atoms with van der Waals surface area (Å²) in [7, 11) is 0. The van der Waals surface area contributed by atoms with Gasteiger partial charge in [0, 0.05) is 19.0 Å². The molecule has 5 rings (SSSR count). The van der Waals surface area contributed by atoms with Gasteiger partial charge in [0.05, 0.1) is 6.54 Å². The molecule has 1 saturated heterocycles. The number of likely N-dealkylation sites (tertiary alicyclic amines) is 1. The molecule has 174 valence electrons. The lowest BCUT2D eigenvalue weighted by atomic mass is 9.95. The quantitative estimate of drug-likeness (QED) is 0.501. The monoisotopic (exact) mass is 464 g/mol. The number of amides is 1. The lowest BCUT2D eigenvalue weighted by Crippen LogP contribution is -2.39. The maximum Gasteiger partial charge on any atom is 0.281 e. The number of aromatic nitrogens is 5. The van der Waals surface area contributed by atoms with Crippen LogP contribution in [0.25, 0.3) is 11.2 Å². The maximum absolute atomic E-state index is 14.0. The van der Waals surface area contributed by atoms with Crippen LogP contribution in [0.2, 0.25) is 0 Å². The van der Waals surface area contributed by atoms with Gasteiger partial charge in [-0.15, -0.1) is 5.10 Å².